The van der Waals surface area contributed by atoms with E-state index < -0.39 is 0 Å². The van der Waals surface area contributed by atoms with Crippen LogP contribution in [0.5, 0.6) is 0 Å². The van der Waals surface area contributed by atoms with E-state index in [1.807, 2.05) is 25.2 Å². The number of nitrogens with two attached hydrogens (primary N) is 1. The second-order valence-corrected chi connectivity index (χ2v) is 4.45. The lowest BCUT2D eigenvalue weighted by molar-refractivity contribution is 0.573. The summed E-state index contributed by atoms with van der Waals surface area (Å²) in [5.41, 5.74) is 4.90. The Labute approximate surface area is 111 Å². The highest BCUT2D eigenvalue weighted by molar-refractivity contribution is 5.86. The molecule has 0 saturated carbocycles. The van der Waals surface area contributed by atoms with Crippen LogP contribution in [-0.2, 0) is 7.05 Å². The average Bonchev–Trinajstić information content (AvgIpc) is 2.86. The van der Waals surface area contributed by atoms with Crippen molar-refractivity contribution in [3.05, 3.63) is 59.9 Å². The van der Waals surface area contributed by atoms with E-state index in [0.29, 0.717) is 0 Å². The number of rotatable bonds is 3. The van der Waals surface area contributed by atoms with Gasteiger partial charge in [-0.25, -0.2) is 5.43 Å². The summed E-state index contributed by atoms with van der Waals surface area (Å²) in [7, 11) is 1.86. The SMILES string of the molecule is Cn1nncc1C(NN)c1cccc2ccccc12. The third kappa shape index (κ3) is 1.99. The Morgan fingerprint density at radius 2 is 1.95 bits per heavy atom. The molecule has 0 saturated heterocycles. The Balaban J connectivity index is 2.20. The number of aromatic nitrogens is 3. The molecular formula is C14H15N5. The molecule has 0 fully saturated rings. The molecule has 5 nitrogen and oxygen atoms in total. The van der Waals surface area contributed by atoms with Gasteiger partial charge < -0.3 is 0 Å². The average molecular weight is 253 g/mol. The smallest absolute Gasteiger partial charge is 0.0900 e. The van der Waals surface area contributed by atoms with Crippen LogP contribution in [0.4, 0.5) is 0 Å². The first-order valence-electron chi connectivity index (χ1n) is 6.09. The van der Waals surface area contributed by atoms with Crippen molar-refractivity contribution < 1.29 is 0 Å². The molecular weight excluding hydrogens is 238 g/mol. The van der Waals surface area contributed by atoms with Gasteiger partial charge in [0.15, 0.2) is 0 Å². The van der Waals surface area contributed by atoms with Crippen molar-refractivity contribution in [1.29, 1.82) is 0 Å². The first-order chi connectivity index (χ1) is 9.31. The molecule has 0 aliphatic heterocycles. The summed E-state index contributed by atoms with van der Waals surface area (Å²) in [6.07, 6.45) is 1.73. The van der Waals surface area contributed by atoms with Crippen molar-refractivity contribution >= 4 is 10.8 Å². The van der Waals surface area contributed by atoms with E-state index >= 15 is 0 Å². The number of benzene rings is 2. The minimum atomic E-state index is -0.133. The minimum Gasteiger partial charge on any atom is -0.271 e. The van der Waals surface area contributed by atoms with Crippen molar-refractivity contribution in [3.8, 4) is 0 Å². The highest BCUT2D eigenvalue weighted by Crippen LogP contribution is 2.27. The summed E-state index contributed by atoms with van der Waals surface area (Å²) in [6, 6.07) is 14.3. The maximum absolute atomic E-state index is 5.74. The molecule has 1 heterocycles. The summed E-state index contributed by atoms with van der Waals surface area (Å²) in [5.74, 6) is 5.74. The zero-order chi connectivity index (χ0) is 13.2. The summed E-state index contributed by atoms with van der Waals surface area (Å²) < 4.78 is 1.73. The van der Waals surface area contributed by atoms with Crippen LogP contribution in [0.15, 0.2) is 48.7 Å². The van der Waals surface area contributed by atoms with Crippen LogP contribution in [0.2, 0.25) is 0 Å². The number of hydrogen-bond donors (Lipinski definition) is 2. The van der Waals surface area contributed by atoms with Gasteiger partial charge in [0.2, 0.25) is 0 Å². The van der Waals surface area contributed by atoms with E-state index in [0.717, 1.165) is 11.3 Å². The van der Waals surface area contributed by atoms with Gasteiger partial charge in [-0.05, 0) is 16.3 Å². The molecule has 0 radical (unpaired) electrons. The topological polar surface area (TPSA) is 68.8 Å². The fourth-order valence-electron chi connectivity index (χ4n) is 2.40. The van der Waals surface area contributed by atoms with E-state index in [4.69, 9.17) is 5.84 Å². The molecule has 0 amide bonds. The number of nitrogens with zero attached hydrogens (tertiary/aromatic N) is 3. The maximum atomic E-state index is 5.74. The van der Waals surface area contributed by atoms with Crippen molar-refractivity contribution in [2.24, 2.45) is 12.9 Å². The fraction of sp³-hybridized carbons (Fsp3) is 0.143. The van der Waals surface area contributed by atoms with Gasteiger partial charge in [-0.3, -0.25) is 10.5 Å². The summed E-state index contributed by atoms with van der Waals surface area (Å²) in [5, 5.41) is 10.2. The molecule has 1 unspecified atom stereocenters. The molecule has 1 atom stereocenters. The molecule has 0 aliphatic rings. The molecule has 0 aliphatic carbocycles. The standard InChI is InChI=1S/C14H15N5/c1-19-13(9-16-18-19)14(17-15)12-8-4-6-10-5-2-3-7-11(10)12/h2-9,14,17H,15H2,1H3. The fourth-order valence-corrected chi connectivity index (χ4v) is 2.40. The first kappa shape index (κ1) is 11.8. The van der Waals surface area contributed by atoms with Crippen LogP contribution in [0.1, 0.15) is 17.3 Å². The lowest BCUT2D eigenvalue weighted by Crippen LogP contribution is -2.30. The molecule has 19 heavy (non-hydrogen) atoms. The third-order valence-corrected chi connectivity index (χ3v) is 3.35. The predicted octanol–water partition coefficient (Wildman–Crippen LogP) is 1.52. The zero-order valence-electron chi connectivity index (χ0n) is 10.6. The van der Waals surface area contributed by atoms with Crippen LogP contribution in [0, 0.1) is 0 Å². The minimum absolute atomic E-state index is 0.133. The second-order valence-electron chi connectivity index (χ2n) is 4.45. The molecule has 96 valence electrons. The van der Waals surface area contributed by atoms with Gasteiger partial charge in [0.25, 0.3) is 0 Å². The normalized spacial score (nSPS) is 12.7. The number of nitrogens with one attached hydrogen (secondary N) is 1. The summed E-state index contributed by atoms with van der Waals surface area (Å²) in [6.45, 7) is 0. The molecule has 1 aromatic heterocycles. The Bertz CT molecular complexity index is 698. The van der Waals surface area contributed by atoms with Crippen LogP contribution in [0.25, 0.3) is 10.8 Å². The quantitative estimate of drug-likeness (QED) is 0.548. The van der Waals surface area contributed by atoms with E-state index in [9.17, 15) is 0 Å². The first-order valence-corrected chi connectivity index (χ1v) is 6.09. The molecule has 0 spiro atoms. The number of aryl methyl sites for hydroxylation is 1. The molecule has 2 aromatic carbocycles. The lowest BCUT2D eigenvalue weighted by Gasteiger charge is -2.18. The molecule has 3 rings (SSSR count). The number of hydrogen-bond acceptors (Lipinski definition) is 4. The van der Waals surface area contributed by atoms with Gasteiger partial charge >= 0.3 is 0 Å². The number of fused-ring (bicyclic) bond motifs is 1. The van der Waals surface area contributed by atoms with Gasteiger partial charge in [0, 0.05) is 7.05 Å². The highest BCUT2D eigenvalue weighted by Gasteiger charge is 2.18. The van der Waals surface area contributed by atoms with Crippen molar-refractivity contribution in [3.63, 3.8) is 0 Å². The molecule has 5 heteroatoms. The Morgan fingerprint density at radius 3 is 2.68 bits per heavy atom. The third-order valence-electron chi connectivity index (χ3n) is 3.35. The van der Waals surface area contributed by atoms with Crippen LogP contribution < -0.4 is 11.3 Å². The van der Waals surface area contributed by atoms with Gasteiger partial charge in [-0.15, -0.1) is 5.10 Å². The predicted molar refractivity (Wildman–Crippen MR) is 74.1 cm³/mol. The Kier molecular flexibility index (Phi) is 2.98. The summed E-state index contributed by atoms with van der Waals surface area (Å²) in [4.78, 5) is 0. The summed E-state index contributed by atoms with van der Waals surface area (Å²) >= 11 is 0. The van der Waals surface area contributed by atoms with Crippen molar-refractivity contribution in [2.75, 3.05) is 0 Å². The molecule has 0 bridgehead atoms. The largest absolute Gasteiger partial charge is 0.271 e. The maximum Gasteiger partial charge on any atom is 0.0900 e. The van der Waals surface area contributed by atoms with Crippen molar-refractivity contribution in [2.45, 2.75) is 6.04 Å². The van der Waals surface area contributed by atoms with E-state index in [1.54, 1.807) is 10.9 Å². The zero-order valence-corrected chi connectivity index (χ0v) is 10.6. The van der Waals surface area contributed by atoms with E-state index in [2.05, 4.69) is 40.0 Å². The van der Waals surface area contributed by atoms with Gasteiger partial charge in [0.1, 0.15) is 0 Å². The van der Waals surface area contributed by atoms with Gasteiger partial charge in [-0.1, -0.05) is 47.7 Å². The molecule has 3 aromatic rings. The van der Waals surface area contributed by atoms with Gasteiger partial charge in [0.05, 0.1) is 17.9 Å². The van der Waals surface area contributed by atoms with E-state index in [-0.39, 0.29) is 6.04 Å². The number of hydrazine groups is 1. The van der Waals surface area contributed by atoms with Crippen LogP contribution in [-0.4, -0.2) is 15.0 Å². The van der Waals surface area contributed by atoms with Crippen LogP contribution >= 0.6 is 0 Å². The highest BCUT2D eigenvalue weighted by atomic mass is 15.4. The Hall–Kier alpha value is -2.24. The lowest BCUT2D eigenvalue weighted by atomic mass is 9.97. The Morgan fingerprint density at radius 1 is 1.16 bits per heavy atom. The molecule has 3 N–H and O–H groups in total. The van der Waals surface area contributed by atoms with Crippen molar-refractivity contribution in [1.82, 2.24) is 20.4 Å². The monoisotopic (exact) mass is 253 g/mol. The second kappa shape index (κ2) is 4.79. The van der Waals surface area contributed by atoms with Gasteiger partial charge in [-0.2, -0.15) is 0 Å². The van der Waals surface area contributed by atoms with E-state index in [1.165, 1.54) is 10.8 Å². The van der Waals surface area contributed by atoms with Crippen LogP contribution in [0.3, 0.4) is 0 Å².